The molecule has 0 saturated heterocycles. The summed E-state index contributed by atoms with van der Waals surface area (Å²) in [6, 6.07) is 8.40. The van der Waals surface area contributed by atoms with Crippen LogP contribution < -0.4 is 5.32 Å². The number of pyridine rings is 1. The van der Waals surface area contributed by atoms with E-state index in [1.165, 1.54) is 0 Å². The Balaban J connectivity index is 1.88. The Bertz CT molecular complexity index is 703. The second-order valence-electron chi connectivity index (χ2n) is 5.17. The first-order valence-electron chi connectivity index (χ1n) is 7.60. The first kappa shape index (κ1) is 17.2. The van der Waals surface area contributed by atoms with Gasteiger partial charge in [0.2, 0.25) is 0 Å². The van der Waals surface area contributed by atoms with E-state index in [1.54, 1.807) is 30.3 Å². The number of fused-ring (bicyclic) bond motifs is 1. The summed E-state index contributed by atoms with van der Waals surface area (Å²) >= 11 is 5.82. The third-order valence-electron chi connectivity index (χ3n) is 3.33. The van der Waals surface area contributed by atoms with Crippen LogP contribution in [0.25, 0.3) is 10.9 Å². The van der Waals surface area contributed by atoms with Crippen LogP contribution in [-0.2, 0) is 9.53 Å². The molecule has 0 unspecified atom stereocenters. The molecule has 6 heteroatoms. The molecule has 23 heavy (non-hydrogen) atoms. The molecule has 0 aliphatic heterocycles. The number of carbonyl (C=O) groups excluding carboxylic acids is 2. The fraction of sp³-hybridized carbons (Fsp3) is 0.353. The lowest BCUT2D eigenvalue weighted by Crippen LogP contribution is -2.29. The van der Waals surface area contributed by atoms with Gasteiger partial charge < -0.3 is 10.1 Å². The number of carbonyl (C=O) groups is 2. The predicted octanol–water partition coefficient (Wildman–Crippen LogP) is 3.35. The van der Waals surface area contributed by atoms with Gasteiger partial charge in [0.1, 0.15) is 5.15 Å². The number of esters is 1. The first-order chi connectivity index (χ1) is 11.1. The van der Waals surface area contributed by atoms with Gasteiger partial charge in [0.05, 0.1) is 11.1 Å². The van der Waals surface area contributed by atoms with Crippen molar-refractivity contribution >= 4 is 34.4 Å². The van der Waals surface area contributed by atoms with Gasteiger partial charge >= 0.3 is 5.97 Å². The van der Waals surface area contributed by atoms with Crippen LogP contribution in [0.5, 0.6) is 0 Å². The number of nitrogens with one attached hydrogen (secondary N) is 1. The molecule has 0 atom stereocenters. The summed E-state index contributed by atoms with van der Waals surface area (Å²) in [4.78, 5) is 27.7. The maximum Gasteiger partial charge on any atom is 0.338 e. The zero-order valence-electron chi connectivity index (χ0n) is 13.0. The molecule has 0 radical (unpaired) electrons. The minimum absolute atomic E-state index is 0.276. The smallest absolute Gasteiger partial charge is 0.338 e. The highest BCUT2D eigenvalue weighted by atomic mass is 35.5. The normalized spacial score (nSPS) is 10.5. The molecule has 0 fully saturated rings. The number of amides is 1. The Hall–Kier alpha value is -2.14. The highest BCUT2D eigenvalue weighted by Crippen LogP contribution is 2.17. The average molecular weight is 335 g/mol. The van der Waals surface area contributed by atoms with Gasteiger partial charge in [-0.25, -0.2) is 9.78 Å². The molecule has 0 aliphatic rings. The lowest BCUT2D eigenvalue weighted by atomic mass is 10.1. The van der Waals surface area contributed by atoms with Crippen molar-refractivity contribution in [1.29, 1.82) is 0 Å². The Morgan fingerprint density at radius 2 is 2.04 bits per heavy atom. The Labute approximate surface area is 140 Å². The molecule has 5 nitrogen and oxygen atoms in total. The molecule has 1 amide bonds. The van der Waals surface area contributed by atoms with Crippen LogP contribution in [0.4, 0.5) is 0 Å². The zero-order valence-corrected chi connectivity index (χ0v) is 13.7. The molecular formula is C17H19ClN2O3. The number of hydrogen-bond acceptors (Lipinski definition) is 4. The monoisotopic (exact) mass is 334 g/mol. The van der Waals surface area contributed by atoms with Gasteiger partial charge in [0.25, 0.3) is 5.91 Å². The van der Waals surface area contributed by atoms with Gasteiger partial charge in [-0.15, -0.1) is 0 Å². The molecule has 1 N–H and O–H groups in total. The van der Waals surface area contributed by atoms with Crippen molar-refractivity contribution in [2.45, 2.75) is 26.2 Å². The quantitative estimate of drug-likeness (QED) is 0.479. The number of ether oxygens (including phenoxy) is 1. The third-order valence-corrected chi connectivity index (χ3v) is 3.54. The number of unbranched alkanes of at least 4 members (excludes halogenated alkanes) is 2. The van der Waals surface area contributed by atoms with Gasteiger partial charge in [-0.05, 0) is 36.8 Å². The fourth-order valence-electron chi connectivity index (χ4n) is 2.10. The van der Waals surface area contributed by atoms with Gasteiger partial charge in [-0.1, -0.05) is 31.4 Å². The van der Waals surface area contributed by atoms with Crippen LogP contribution in [0.15, 0.2) is 30.3 Å². The Morgan fingerprint density at radius 1 is 1.22 bits per heavy atom. The van der Waals surface area contributed by atoms with Crippen LogP contribution in [0.2, 0.25) is 5.15 Å². The molecule has 1 aromatic heterocycles. The van der Waals surface area contributed by atoms with E-state index in [4.69, 9.17) is 16.3 Å². The van der Waals surface area contributed by atoms with Crippen molar-refractivity contribution in [2.24, 2.45) is 0 Å². The van der Waals surface area contributed by atoms with Crippen molar-refractivity contribution in [3.63, 3.8) is 0 Å². The highest BCUT2D eigenvalue weighted by Gasteiger charge is 2.11. The fourth-order valence-corrected chi connectivity index (χ4v) is 2.25. The maximum atomic E-state index is 12.0. The number of benzene rings is 1. The van der Waals surface area contributed by atoms with Crippen LogP contribution in [0, 0.1) is 0 Å². The van der Waals surface area contributed by atoms with Crippen molar-refractivity contribution in [1.82, 2.24) is 10.3 Å². The van der Waals surface area contributed by atoms with Gasteiger partial charge in [0.15, 0.2) is 6.61 Å². The molecule has 0 aliphatic carbocycles. The molecule has 1 aromatic carbocycles. The van der Waals surface area contributed by atoms with Crippen LogP contribution in [-0.4, -0.2) is 30.0 Å². The van der Waals surface area contributed by atoms with Gasteiger partial charge in [-0.3, -0.25) is 4.79 Å². The molecule has 2 rings (SSSR count). The van der Waals surface area contributed by atoms with E-state index in [2.05, 4.69) is 17.2 Å². The molecule has 0 spiro atoms. The average Bonchev–Trinajstić information content (AvgIpc) is 2.56. The summed E-state index contributed by atoms with van der Waals surface area (Å²) in [5, 5.41) is 3.90. The summed E-state index contributed by atoms with van der Waals surface area (Å²) < 4.78 is 5.02. The first-order valence-corrected chi connectivity index (χ1v) is 7.98. The van der Waals surface area contributed by atoms with E-state index in [0.717, 1.165) is 24.6 Å². The van der Waals surface area contributed by atoms with Gasteiger partial charge in [-0.2, -0.15) is 0 Å². The van der Waals surface area contributed by atoms with Crippen molar-refractivity contribution in [3.05, 3.63) is 41.0 Å². The molecule has 2 aromatic rings. The zero-order chi connectivity index (χ0) is 16.7. The minimum Gasteiger partial charge on any atom is -0.452 e. The largest absolute Gasteiger partial charge is 0.452 e. The number of hydrogen-bond donors (Lipinski definition) is 1. The van der Waals surface area contributed by atoms with E-state index in [9.17, 15) is 9.59 Å². The highest BCUT2D eigenvalue weighted by molar-refractivity contribution is 6.29. The van der Waals surface area contributed by atoms with Gasteiger partial charge in [0, 0.05) is 11.9 Å². The van der Waals surface area contributed by atoms with Crippen LogP contribution in [0.3, 0.4) is 0 Å². The van der Waals surface area contributed by atoms with Crippen molar-refractivity contribution < 1.29 is 14.3 Å². The van der Waals surface area contributed by atoms with E-state index in [-0.39, 0.29) is 12.5 Å². The summed E-state index contributed by atoms with van der Waals surface area (Å²) in [5.74, 6) is -0.825. The third kappa shape index (κ3) is 5.21. The predicted molar refractivity (Wildman–Crippen MR) is 89.6 cm³/mol. The number of nitrogens with zero attached hydrogens (tertiary/aromatic N) is 1. The molecule has 0 saturated carbocycles. The molecule has 0 bridgehead atoms. The minimum atomic E-state index is -0.537. The van der Waals surface area contributed by atoms with E-state index < -0.39 is 5.97 Å². The van der Waals surface area contributed by atoms with E-state index in [1.807, 2.05) is 0 Å². The summed E-state index contributed by atoms with van der Waals surface area (Å²) in [6.45, 7) is 2.42. The second-order valence-corrected chi connectivity index (χ2v) is 5.56. The summed E-state index contributed by atoms with van der Waals surface area (Å²) in [5.41, 5.74) is 1.07. The standard InChI is InChI=1S/C17H19ClN2O3/c1-2-3-4-9-19-16(21)11-23-17(22)13-5-7-14-12(10-13)6-8-15(18)20-14/h5-8,10H,2-4,9,11H2,1H3,(H,19,21). The maximum absolute atomic E-state index is 12.0. The summed E-state index contributed by atoms with van der Waals surface area (Å²) in [6.07, 6.45) is 3.08. The SMILES string of the molecule is CCCCCNC(=O)COC(=O)c1ccc2nc(Cl)ccc2c1. The summed E-state index contributed by atoms with van der Waals surface area (Å²) in [7, 11) is 0. The van der Waals surface area contributed by atoms with E-state index in [0.29, 0.717) is 22.8 Å². The lowest BCUT2D eigenvalue weighted by Gasteiger charge is -2.07. The Morgan fingerprint density at radius 3 is 2.83 bits per heavy atom. The van der Waals surface area contributed by atoms with Crippen molar-refractivity contribution in [3.8, 4) is 0 Å². The van der Waals surface area contributed by atoms with E-state index >= 15 is 0 Å². The molecular weight excluding hydrogens is 316 g/mol. The topological polar surface area (TPSA) is 68.3 Å². The molecule has 1 heterocycles. The van der Waals surface area contributed by atoms with Crippen LogP contribution in [0.1, 0.15) is 36.5 Å². The van der Waals surface area contributed by atoms with Crippen molar-refractivity contribution in [2.75, 3.05) is 13.2 Å². The lowest BCUT2D eigenvalue weighted by molar-refractivity contribution is -0.124. The number of rotatable bonds is 7. The number of aromatic nitrogens is 1. The Kier molecular flexibility index (Phi) is 6.35. The van der Waals surface area contributed by atoms with Crippen LogP contribution >= 0.6 is 11.6 Å². The molecule has 122 valence electrons. The second kappa shape index (κ2) is 8.48. The number of halogens is 1.